The number of nitrogens with one attached hydrogen (secondary N) is 1. The standard InChI is InChI=1S/C25H34N4O5/c1-27-11-13-28(14-12-27)18-7-5-17(6-8-18)23(32)26-25(9-3-2-4-10-25)24(33)29-15-19(30)22-21(29)20(31)16-34-22/h5-8,19,21-22,30H,2-4,9-16H2,1H3,(H,26,32)/t19-,21+,22+/m0/s1. The molecule has 2 N–H and O–H groups in total. The van der Waals surface area contributed by atoms with Gasteiger partial charge in [-0.2, -0.15) is 0 Å². The van der Waals surface area contributed by atoms with E-state index >= 15 is 0 Å². The lowest BCUT2D eigenvalue weighted by Gasteiger charge is -2.40. The van der Waals surface area contributed by atoms with Gasteiger partial charge in [0.25, 0.3) is 5.91 Å². The van der Waals surface area contributed by atoms with E-state index in [0.717, 1.165) is 51.1 Å². The second-order valence-electron chi connectivity index (χ2n) is 10.1. The summed E-state index contributed by atoms with van der Waals surface area (Å²) in [6, 6.07) is 6.79. The SMILES string of the molecule is CN1CCN(c2ccc(C(=O)NC3(C(=O)N4C[C@H](O)[C@H]5OCC(=O)[C@H]54)CCCCC3)cc2)CC1. The summed E-state index contributed by atoms with van der Waals surface area (Å²) >= 11 is 0. The van der Waals surface area contributed by atoms with E-state index in [-0.39, 0.29) is 30.7 Å². The molecule has 4 fully saturated rings. The molecule has 2 amide bonds. The van der Waals surface area contributed by atoms with E-state index in [4.69, 9.17) is 4.74 Å². The van der Waals surface area contributed by atoms with Gasteiger partial charge in [-0.1, -0.05) is 19.3 Å². The number of likely N-dealkylation sites (N-methyl/N-ethyl adjacent to an activating group) is 1. The number of nitrogens with zero attached hydrogens (tertiary/aromatic N) is 3. The van der Waals surface area contributed by atoms with Gasteiger partial charge in [-0.3, -0.25) is 14.4 Å². The summed E-state index contributed by atoms with van der Waals surface area (Å²) in [5, 5.41) is 13.4. The zero-order chi connectivity index (χ0) is 23.9. The van der Waals surface area contributed by atoms with Crippen molar-refractivity contribution < 1.29 is 24.2 Å². The topological polar surface area (TPSA) is 102 Å². The largest absolute Gasteiger partial charge is 0.388 e. The maximum absolute atomic E-state index is 13.8. The zero-order valence-corrected chi connectivity index (χ0v) is 19.7. The van der Waals surface area contributed by atoms with Gasteiger partial charge in [0.1, 0.15) is 30.4 Å². The van der Waals surface area contributed by atoms with Crippen LogP contribution in [0.1, 0.15) is 42.5 Å². The van der Waals surface area contributed by atoms with Crippen LogP contribution in [0.5, 0.6) is 0 Å². The third-order valence-corrected chi connectivity index (χ3v) is 7.89. The van der Waals surface area contributed by atoms with Gasteiger partial charge in [0, 0.05) is 37.4 Å². The molecule has 0 bridgehead atoms. The molecule has 34 heavy (non-hydrogen) atoms. The van der Waals surface area contributed by atoms with E-state index in [1.807, 2.05) is 24.3 Å². The van der Waals surface area contributed by atoms with E-state index in [1.165, 1.54) is 4.90 Å². The van der Waals surface area contributed by atoms with Crippen LogP contribution >= 0.6 is 0 Å². The fourth-order valence-electron chi connectivity index (χ4n) is 5.84. The quantitative estimate of drug-likeness (QED) is 0.657. The number of aliphatic hydroxyl groups excluding tert-OH is 1. The summed E-state index contributed by atoms with van der Waals surface area (Å²) in [5.74, 6) is -0.753. The van der Waals surface area contributed by atoms with Gasteiger partial charge in [-0.05, 0) is 44.2 Å². The third-order valence-electron chi connectivity index (χ3n) is 7.89. The van der Waals surface area contributed by atoms with Crippen molar-refractivity contribution in [2.75, 3.05) is 51.3 Å². The molecule has 184 valence electrons. The maximum Gasteiger partial charge on any atom is 0.252 e. The van der Waals surface area contributed by atoms with E-state index in [2.05, 4.69) is 22.2 Å². The molecule has 1 saturated carbocycles. The first kappa shape index (κ1) is 23.3. The number of carbonyl (C=O) groups excluding carboxylic acids is 3. The molecule has 4 aliphatic rings. The highest BCUT2D eigenvalue weighted by Crippen LogP contribution is 2.35. The van der Waals surface area contributed by atoms with Gasteiger partial charge in [0.2, 0.25) is 5.91 Å². The summed E-state index contributed by atoms with van der Waals surface area (Å²) in [6.45, 7) is 3.88. The number of benzene rings is 1. The molecule has 0 aromatic heterocycles. The second-order valence-corrected chi connectivity index (χ2v) is 10.1. The molecule has 3 saturated heterocycles. The Hall–Kier alpha value is -2.49. The lowest BCUT2D eigenvalue weighted by Crippen LogP contribution is -2.62. The third kappa shape index (κ3) is 4.21. The number of Topliss-reactive ketones (excluding diaryl/α,β-unsaturated/α-hetero) is 1. The Morgan fingerprint density at radius 2 is 1.74 bits per heavy atom. The van der Waals surface area contributed by atoms with Crippen molar-refractivity contribution in [2.45, 2.75) is 55.9 Å². The number of ether oxygens (including phenoxy) is 1. The molecule has 9 nitrogen and oxygen atoms in total. The monoisotopic (exact) mass is 470 g/mol. The number of piperazine rings is 1. The molecule has 1 aromatic carbocycles. The Morgan fingerprint density at radius 1 is 1.06 bits per heavy atom. The van der Waals surface area contributed by atoms with Gasteiger partial charge in [0.15, 0.2) is 5.78 Å². The Kier molecular flexibility index (Phi) is 6.35. The molecule has 3 aliphatic heterocycles. The lowest BCUT2D eigenvalue weighted by atomic mass is 9.80. The van der Waals surface area contributed by atoms with Gasteiger partial charge in [-0.15, -0.1) is 0 Å². The van der Waals surface area contributed by atoms with Gasteiger partial charge in [-0.25, -0.2) is 0 Å². The molecule has 9 heteroatoms. The molecule has 5 rings (SSSR count). The van der Waals surface area contributed by atoms with Crippen LogP contribution in [0.2, 0.25) is 0 Å². The summed E-state index contributed by atoms with van der Waals surface area (Å²) < 4.78 is 5.43. The molecule has 1 aliphatic carbocycles. The number of β-amino-alcohol motifs (C(OH)–C–C–N with tert-alkyl or cyclic N) is 1. The first-order chi connectivity index (χ1) is 16.4. The highest BCUT2D eigenvalue weighted by Gasteiger charge is 2.55. The number of ketones is 1. The first-order valence-corrected chi connectivity index (χ1v) is 12.4. The minimum Gasteiger partial charge on any atom is -0.388 e. The average molecular weight is 471 g/mol. The Balaban J connectivity index is 1.32. The van der Waals surface area contributed by atoms with Crippen LogP contribution in [0.15, 0.2) is 24.3 Å². The predicted molar refractivity (Wildman–Crippen MR) is 126 cm³/mol. The van der Waals surface area contributed by atoms with Crippen molar-refractivity contribution in [3.05, 3.63) is 29.8 Å². The van der Waals surface area contributed by atoms with Gasteiger partial charge >= 0.3 is 0 Å². The number of carbonyl (C=O) groups is 3. The van der Waals surface area contributed by atoms with Crippen LogP contribution in [0, 0.1) is 0 Å². The fraction of sp³-hybridized carbons (Fsp3) is 0.640. The number of hydrogen-bond acceptors (Lipinski definition) is 7. The van der Waals surface area contributed by atoms with E-state index in [9.17, 15) is 19.5 Å². The summed E-state index contributed by atoms with van der Waals surface area (Å²) in [6.07, 6.45) is 2.13. The second kappa shape index (κ2) is 9.28. The normalized spacial score (nSPS) is 29.2. The molecule has 3 heterocycles. The maximum atomic E-state index is 13.8. The van der Waals surface area contributed by atoms with Crippen molar-refractivity contribution in [3.63, 3.8) is 0 Å². The van der Waals surface area contributed by atoms with Crippen molar-refractivity contribution in [2.24, 2.45) is 0 Å². The molecule has 0 spiro atoms. The van der Waals surface area contributed by atoms with Crippen LogP contribution in [-0.4, -0.2) is 103 Å². The number of amides is 2. The van der Waals surface area contributed by atoms with Crippen LogP contribution in [-0.2, 0) is 14.3 Å². The number of rotatable bonds is 4. The lowest BCUT2D eigenvalue weighted by molar-refractivity contribution is -0.143. The number of aliphatic hydroxyl groups is 1. The number of fused-ring (bicyclic) bond motifs is 1. The Morgan fingerprint density at radius 3 is 2.41 bits per heavy atom. The highest BCUT2D eigenvalue weighted by molar-refractivity contribution is 6.01. The number of likely N-dealkylation sites (tertiary alicyclic amines) is 1. The van der Waals surface area contributed by atoms with Gasteiger partial charge < -0.3 is 29.9 Å². The molecular formula is C25H34N4O5. The smallest absolute Gasteiger partial charge is 0.252 e. The van der Waals surface area contributed by atoms with Crippen molar-refractivity contribution in [1.82, 2.24) is 15.1 Å². The first-order valence-electron chi connectivity index (χ1n) is 12.4. The molecule has 0 unspecified atom stereocenters. The van der Waals surface area contributed by atoms with E-state index in [0.29, 0.717) is 18.4 Å². The molecule has 1 aromatic rings. The number of hydrogen-bond donors (Lipinski definition) is 2. The molecular weight excluding hydrogens is 436 g/mol. The summed E-state index contributed by atoms with van der Waals surface area (Å²) in [5.41, 5.74) is 0.531. The van der Waals surface area contributed by atoms with Crippen molar-refractivity contribution >= 4 is 23.3 Å². The Labute approximate surface area is 200 Å². The highest BCUT2D eigenvalue weighted by atomic mass is 16.5. The van der Waals surface area contributed by atoms with Gasteiger partial charge in [0.05, 0.1) is 6.54 Å². The summed E-state index contributed by atoms with van der Waals surface area (Å²) in [4.78, 5) is 45.5. The van der Waals surface area contributed by atoms with Crippen LogP contribution in [0.4, 0.5) is 5.69 Å². The minimum absolute atomic E-state index is 0.0528. The van der Waals surface area contributed by atoms with Crippen molar-refractivity contribution in [3.8, 4) is 0 Å². The fourth-order valence-corrected chi connectivity index (χ4v) is 5.84. The molecule has 0 radical (unpaired) electrons. The number of anilines is 1. The summed E-state index contributed by atoms with van der Waals surface area (Å²) in [7, 11) is 2.12. The minimum atomic E-state index is -1.07. The predicted octanol–water partition coefficient (Wildman–Crippen LogP) is 0.411. The van der Waals surface area contributed by atoms with E-state index < -0.39 is 23.8 Å². The van der Waals surface area contributed by atoms with Crippen LogP contribution in [0.3, 0.4) is 0 Å². The molecule has 3 atom stereocenters. The van der Waals surface area contributed by atoms with Crippen LogP contribution < -0.4 is 10.2 Å². The Bertz CT molecular complexity index is 937. The van der Waals surface area contributed by atoms with E-state index in [1.54, 1.807) is 0 Å². The average Bonchev–Trinajstić information content (AvgIpc) is 3.40. The zero-order valence-electron chi connectivity index (χ0n) is 19.7. The van der Waals surface area contributed by atoms with Crippen molar-refractivity contribution in [1.29, 1.82) is 0 Å². The van der Waals surface area contributed by atoms with Crippen LogP contribution in [0.25, 0.3) is 0 Å².